The second-order valence-corrected chi connectivity index (χ2v) is 10.2. The lowest BCUT2D eigenvalue weighted by Crippen LogP contribution is -2.52. The standard InChI is InChI=1S/C26H38BrN3O2/c1-6-22(7-2)30(23(31)12-11-19-29-17-9-8-10-18-29)24(25(32)28-26(3,4)5)20-13-15-21(27)16-14-20/h8-10,13-17,22,24H,6-7,11-12,18-19H2,1-5H3,(H,28,32). The normalized spacial score (nSPS) is 14.5. The number of nitrogens with one attached hydrogen (secondary N) is 1. The van der Waals surface area contributed by atoms with Gasteiger partial charge >= 0.3 is 0 Å². The molecule has 0 saturated heterocycles. The molecule has 1 atom stereocenters. The van der Waals surface area contributed by atoms with Gasteiger partial charge in [-0.25, -0.2) is 0 Å². The Kier molecular flexibility index (Phi) is 10.0. The van der Waals surface area contributed by atoms with Crippen LogP contribution in [0, 0.1) is 0 Å². The summed E-state index contributed by atoms with van der Waals surface area (Å²) in [6, 6.07) is 7.07. The first kappa shape index (κ1) is 26.2. The van der Waals surface area contributed by atoms with Crippen LogP contribution in [0.4, 0.5) is 0 Å². The Morgan fingerprint density at radius 3 is 2.31 bits per heavy atom. The summed E-state index contributed by atoms with van der Waals surface area (Å²) in [5, 5.41) is 3.11. The predicted molar refractivity (Wildman–Crippen MR) is 135 cm³/mol. The van der Waals surface area contributed by atoms with Gasteiger partial charge in [0.15, 0.2) is 0 Å². The monoisotopic (exact) mass is 503 g/mol. The van der Waals surface area contributed by atoms with E-state index >= 15 is 0 Å². The first-order valence-corrected chi connectivity index (χ1v) is 12.4. The zero-order valence-corrected chi connectivity index (χ0v) is 21.7. The lowest BCUT2D eigenvalue weighted by molar-refractivity contribution is -0.144. The van der Waals surface area contributed by atoms with Gasteiger partial charge in [0.05, 0.1) is 0 Å². The summed E-state index contributed by atoms with van der Waals surface area (Å²) in [4.78, 5) is 31.1. The number of benzene rings is 1. The third kappa shape index (κ3) is 7.80. The van der Waals surface area contributed by atoms with Crippen LogP contribution in [-0.4, -0.2) is 46.3 Å². The van der Waals surface area contributed by atoms with E-state index in [0.717, 1.165) is 42.4 Å². The lowest BCUT2D eigenvalue weighted by Gasteiger charge is -2.38. The average Bonchev–Trinajstić information content (AvgIpc) is 2.74. The summed E-state index contributed by atoms with van der Waals surface area (Å²) in [5.74, 6) is -0.101. The van der Waals surface area contributed by atoms with Crippen LogP contribution in [0.1, 0.15) is 71.9 Å². The number of amides is 2. The van der Waals surface area contributed by atoms with Crippen LogP contribution in [-0.2, 0) is 9.59 Å². The van der Waals surface area contributed by atoms with Crippen LogP contribution >= 0.6 is 15.9 Å². The molecular formula is C26H38BrN3O2. The molecule has 0 saturated carbocycles. The smallest absolute Gasteiger partial charge is 0.247 e. The molecule has 1 aromatic carbocycles. The molecule has 32 heavy (non-hydrogen) atoms. The summed E-state index contributed by atoms with van der Waals surface area (Å²) in [7, 11) is 0. The van der Waals surface area contributed by atoms with Crippen molar-refractivity contribution in [1.82, 2.24) is 15.1 Å². The zero-order chi connectivity index (χ0) is 23.7. The van der Waals surface area contributed by atoms with Crippen LogP contribution in [0.15, 0.2) is 53.2 Å². The topological polar surface area (TPSA) is 52.7 Å². The van der Waals surface area contributed by atoms with Gasteiger partial charge in [0.1, 0.15) is 6.04 Å². The maximum absolute atomic E-state index is 13.6. The minimum atomic E-state index is -0.655. The number of hydrogen-bond acceptors (Lipinski definition) is 3. The van der Waals surface area contributed by atoms with Crippen molar-refractivity contribution in [2.45, 2.75) is 77.9 Å². The molecule has 1 unspecified atom stereocenters. The fraction of sp³-hybridized carbons (Fsp3) is 0.538. The number of rotatable bonds is 10. The molecule has 176 valence electrons. The number of carbonyl (C=O) groups is 2. The van der Waals surface area contributed by atoms with Gasteiger partial charge in [-0.15, -0.1) is 0 Å². The van der Waals surface area contributed by atoms with Crippen molar-refractivity contribution in [3.63, 3.8) is 0 Å². The van der Waals surface area contributed by atoms with E-state index in [-0.39, 0.29) is 23.4 Å². The fourth-order valence-corrected chi connectivity index (χ4v) is 4.26. The summed E-state index contributed by atoms with van der Waals surface area (Å²) < 4.78 is 0.945. The number of halogens is 1. The Morgan fingerprint density at radius 1 is 1.12 bits per heavy atom. The van der Waals surface area contributed by atoms with Crippen molar-refractivity contribution in [3.05, 3.63) is 58.7 Å². The SMILES string of the molecule is CCC(CC)N(C(=O)CCCN1C=CC=CC1)C(C(=O)NC(C)(C)C)c1ccc(Br)cc1. The molecule has 1 aliphatic heterocycles. The van der Waals surface area contributed by atoms with Crippen molar-refractivity contribution < 1.29 is 9.59 Å². The molecule has 2 rings (SSSR count). The van der Waals surface area contributed by atoms with Gasteiger partial charge in [-0.05, 0) is 70.0 Å². The third-order valence-electron chi connectivity index (χ3n) is 5.55. The fourth-order valence-electron chi connectivity index (χ4n) is 4.00. The number of carbonyl (C=O) groups excluding carboxylic acids is 2. The molecule has 1 N–H and O–H groups in total. The van der Waals surface area contributed by atoms with E-state index in [9.17, 15) is 9.59 Å². The molecule has 0 fully saturated rings. The van der Waals surface area contributed by atoms with Crippen molar-refractivity contribution in [2.24, 2.45) is 0 Å². The maximum Gasteiger partial charge on any atom is 0.247 e. The van der Waals surface area contributed by atoms with Gasteiger partial charge in [-0.2, -0.15) is 0 Å². The Balaban J connectivity index is 2.30. The number of nitrogens with zero attached hydrogens (tertiary/aromatic N) is 2. The van der Waals surface area contributed by atoms with E-state index < -0.39 is 6.04 Å². The Labute approximate surface area is 202 Å². The van der Waals surface area contributed by atoms with E-state index in [1.165, 1.54) is 0 Å². The van der Waals surface area contributed by atoms with Crippen LogP contribution in [0.3, 0.4) is 0 Å². The minimum absolute atomic E-state index is 0.000295. The predicted octanol–water partition coefficient (Wildman–Crippen LogP) is 5.59. The van der Waals surface area contributed by atoms with Crippen molar-refractivity contribution in [3.8, 4) is 0 Å². The first-order valence-electron chi connectivity index (χ1n) is 11.6. The average molecular weight is 505 g/mol. The van der Waals surface area contributed by atoms with Gasteiger partial charge < -0.3 is 15.1 Å². The molecule has 1 heterocycles. The van der Waals surface area contributed by atoms with E-state index in [0.29, 0.717) is 6.42 Å². The summed E-state index contributed by atoms with van der Waals surface area (Å²) in [5.41, 5.74) is 0.445. The molecule has 0 aromatic heterocycles. The van der Waals surface area contributed by atoms with Gasteiger partial charge in [0, 0.05) is 35.6 Å². The molecule has 2 amide bonds. The summed E-state index contributed by atoms with van der Waals surface area (Å²) >= 11 is 3.48. The van der Waals surface area contributed by atoms with Crippen molar-refractivity contribution in [1.29, 1.82) is 0 Å². The van der Waals surface area contributed by atoms with E-state index in [1.807, 2.05) is 62.1 Å². The van der Waals surface area contributed by atoms with Crippen molar-refractivity contribution in [2.75, 3.05) is 13.1 Å². The highest BCUT2D eigenvalue weighted by Gasteiger charge is 2.36. The highest BCUT2D eigenvalue weighted by Crippen LogP contribution is 2.29. The molecule has 1 aromatic rings. The third-order valence-corrected chi connectivity index (χ3v) is 6.08. The van der Waals surface area contributed by atoms with E-state index in [4.69, 9.17) is 0 Å². The molecule has 0 bridgehead atoms. The Hall–Kier alpha value is -2.08. The molecule has 0 aliphatic carbocycles. The van der Waals surface area contributed by atoms with Gasteiger partial charge in [-0.1, -0.05) is 54.1 Å². The van der Waals surface area contributed by atoms with E-state index in [2.05, 4.69) is 52.3 Å². The highest BCUT2D eigenvalue weighted by atomic mass is 79.9. The second kappa shape index (κ2) is 12.2. The van der Waals surface area contributed by atoms with Gasteiger partial charge in [-0.3, -0.25) is 9.59 Å². The summed E-state index contributed by atoms with van der Waals surface area (Å²) in [6.45, 7) is 11.8. The lowest BCUT2D eigenvalue weighted by atomic mass is 9.97. The second-order valence-electron chi connectivity index (χ2n) is 9.33. The van der Waals surface area contributed by atoms with Crippen molar-refractivity contribution >= 4 is 27.7 Å². The number of hydrogen-bond donors (Lipinski definition) is 1. The summed E-state index contributed by atoms with van der Waals surface area (Å²) in [6.07, 6.45) is 11.0. The molecule has 0 radical (unpaired) electrons. The Bertz CT molecular complexity index is 807. The molecule has 5 nitrogen and oxygen atoms in total. The quantitative estimate of drug-likeness (QED) is 0.452. The van der Waals surface area contributed by atoms with E-state index in [1.54, 1.807) is 0 Å². The zero-order valence-electron chi connectivity index (χ0n) is 20.1. The maximum atomic E-state index is 13.6. The molecule has 1 aliphatic rings. The van der Waals surface area contributed by atoms with Gasteiger partial charge in [0.25, 0.3) is 0 Å². The minimum Gasteiger partial charge on any atom is -0.374 e. The first-order chi connectivity index (χ1) is 15.2. The number of allylic oxidation sites excluding steroid dienone is 2. The molecule has 6 heteroatoms. The Morgan fingerprint density at radius 2 is 1.78 bits per heavy atom. The highest BCUT2D eigenvalue weighted by molar-refractivity contribution is 9.10. The molecular weight excluding hydrogens is 466 g/mol. The van der Waals surface area contributed by atoms with Crippen LogP contribution in [0.25, 0.3) is 0 Å². The largest absolute Gasteiger partial charge is 0.374 e. The molecule has 0 spiro atoms. The van der Waals surface area contributed by atoms with Crippen LogP contribution in [0.2, 0.25) is 0 Å². The van der Waals surface area contributed by atoms with Crippen LogP contribution in [0.5, 0.6) is 0 Å². The van der Waals surface area contributed by atoms with Crippen LogP contribution < -0.4 is 5.32 Å². The van der Waals surface area contributed by atoms with Gasteiger partial charge in [0.2, 0.25) is 11.8 Å².